The van der Waals surface area contributed by atoms with Gasteiger partial charge in [-0.15, -0.1) is 0 Å². The van der Waals surface area contributed by atoms with Gasteiger partial charge in [0.2, 0.25) is 5.95 Å². The number of hydrogen-bond donors (Lipinski definition) is 0. The standard InChI is InChI=1S/C23H30N4O/c1-18-6-5-13-27(17-18)22(28)21-9-12-24-23(25-21)26-14-10-20(11-15-26)16-19-7-3-2-4-8-19/h2-4,7-9,12,18,20H,5-6,10-11,13-17H2,1H3. The molecule has 2 aliphatic heterocycles. The molecule has 0 saturated carbocycles. The Hall–Kier alpha value is -2.43. The molecule has 0 radical (unpaired) electrons. The molecule has 0 aliphatic carbocycles. The van der Waals surface area contributed by atoms with Crippen LogP contribution in [-0.4, -0.2) is 47.0 Å². The van der Waals surface area contributed by atoms with E-state index in [1.54, 1.807) is 12.3 Å². The van der Waals surface area contributed by atoms with E-state index >= 15 is 0 Å². The zero-order valence-corrected chi connectivity index (χ0v) is 16.8. The molecule has 2 saturated heterocycles. The number of amides is 1. The van der Waals surface area contributed by atoms with Crippen molar-refractivity contribution in [2.75, 3.05) is 31.1 Å². The summed E-state index contributed by atoms with van der Waals surface area (Å²) in [7, 11) is 0. The monoisotopic (exact) mass is 378 g/mol. The minimum atomic E-state index is 0.0502. The van der Waals surface area contributed by atoms with Crippen LogP contribution in [0.25, 0.3) is 0 Å². The van der Waals surface area contributed by atoms with E-state index in [2.05, 4.69) is 52.1 Å². The van der Waals surface area contributed by atoms with Crippen LogP contribution in [0.15, 0.2) is 42.6 Å². The molecule has 4 rings (SSSR count). The lowest BCUT2D eigenvalue weighted by molar-refractivity contribution is 0.0677. The first-order valence-electron chi connectivity index (χ1n) is 10.6. The Bertz CT molecular complexity index is 786. The average molecular weight is 379 g/mol. The lowest BCUT2D eigenvalue weighted by atomic mass is 9.90. The first-order chi connectivity index (χ1) is 13.7. The van der Waals surface area contributed by atoms with E-state index in [0.29, 0.717) is 23.5 Å². The molecule has 148 valence electrons. The number of aromatic nitrogens is 2. The quantitative estimate of drug-likeness (QED) is 0.812. The van der Waals surface area contributed by atoms with E-state index < -0.39 is 0 Å². The fourth-order valence-corrected chi connectivity index (χ4v) is 4.44. The summed E-state index contributed by atoms with van der Waals surface area (Å²) in [5.74, 6) is 2.03. The van der Waals surface area contributed by atoms with Crippen molar-refractivity contribution in [1.29, 1.82) is 0 Å². The maximum atomic E-state index is 12.9. The second-order valence-corrected chi connectivity index (χ2v) is 8.36. The average Bonchev–Trinajstić information content (AvgIpc) is 2.75. The normalized spacial score (nSPS) is 21.0. The smallest absolute Gasteiger partial charge is 0.272 e. The zero-order valence-electron chi connectivity index (χ0n) is 16.8. The van der Waals surface area contributed by atoms with Gasteiger partial charge in [0.15, 0.2) is 0 Å². The van der Waals surface area contributed by atoms with E-state index in [4.69, 9.17) is 0 Å². The summed E-state index contributed by atoms with van der Waals surface area (Å²) in [6, 6.07) is 12.5. The molecule has 1 amide bonds. The van der Waals surface area contributed by atoms with Gasteiger partial charge in [-0.2, -0.15) is 0 Å². The molecule has 5 heteroatoms. The molecule has 3 heterocycles. The highest BCUT2D eigenvalue weighted by Gasteiger charge is 2.25. The Balaban J connectivity index is 1.36. The van der Waals surface area contributed by atoms with Gasteiger partial charge in [-0.05, 0) is 55.6 Å². The molecule has 1 atom stereocenters. The molecule has 1 unspecified atom stereocenters. The van der Waals surface area contributed by atoms with E-state index in [1.165, 1.54) is 12.0 Å². The molecule has 28 heavy (non-hydrogen) atoms. The molecular formula is C23H30N4O. The van der Waals surface area contributed by atoms with Crippen LogP contribution < -0.4 is 4.90 Å². The number of piperidine rings is 2. The third-order valence-corrected chi connectivity index (χ3v) is 6.07. The summed E-state index contributed by atoms with van der Waals surface area (Å²) in [4.78, 5) is 26.1. The number of anilines is 1. The molecule has 2 aliphatic rings. The first kappa shape index (κ1) is 18.9. The van der Waals surface area contributed by atoms with Crippen molar-refractivity contribution in [2.24, 2.45) is 11.8 Å². The van der Waals surface area contributed by atoms with Gasteiger partial charge in [0, 0.05) is 32.4 Å². The van der Waals surface area contributed by atoms with E-state index in [1.807, 2.05) is 4.90 Å². The van der Waals surface area contributed by atoms with Crippen molar-refractivity contribution in [3.8, 4) is 0 Å². The van der Waals surface area contributed by atoms with Crippen molar-refractivity contribution >= 4 is 11.9 Å². The molecule has 2 aromatic rings. The van der Waals surface area contributed by atoms with E-state index in [0.717, 1.165) is 51.9 Å². The molecule has 1 aromatic heterocycles. The predicted molar refractivity (Wildman–Crippen MR) is 111 cm³/mol. The number of nitrogens with zero attached hydrogens (tertiary/aromatic N) is 4. The van der Waals surface area contributed by atoms with Gasteiger partial charge in [-0.25, -0.2) is 9.97 Å². The van der Waals surface area contributed by atoms with E-state index in [-0.39, 0.29) is 5.91 Å². The second kappa shape index (κ2) is 8.72. The van der Waals surface area contributed by atoms with Crippen LogP contribution in [0.5, 0.6) is 0 Å². The van der Waals surface area contributed by atoms with Gasteiger partial charge in [0.05, 0.1) is 0 Å². The Kier molecular flexibility index (Phi) is 5.89. The largest absolute Gasteiger partial charge is 0.341 e. The molecule has 0 spiro atoms. The van der Waals surface area contributed by atoms with Crippen molar-refractivity contribution in [3.05, 3.63) is 53.9 Å². The van der Waals surface area contributed by atoms with Crippen LogP contribution in [0.3, 0.4) is 0 Å². The fraction of sp³-hybridized carbons (Fsp3) is 0.522. The first-order valence-corrected chi connectivity index (χ1v) is 10.6. The molecule has 1 aromatic carbocycles. The SMILES string of the molecule is CC1CCCN(C(=O)c2ccnc(N3CCC(Cc4ccccc4)CC3)n2)C1. The van der Waals surface area contributed by atoms with Crippen LogP contribution in [0.2, 0.25) is 0 Å². The van der Waals surface area contributed by atoms with Crippen LogP contribution in [0.4, 0.5) is 5.95 Å². The lowest BCUT2D eigenvalue weighted by Crippen LogP contribution is -2.40. The number of carbonyl (C=O) groups excluding carboxylic acids is 1. The molecular weight excluding hydrogens is 348 g/mol. The van der Waals surface area contributed by atoms with Crippen molar-refractivity contribution in [1.82, 2.24) is 14.9 Å². The van der Waals surface area contributed by atoms with Gasteiger partial charge >= 0.3 is 0 Å². The molecule has 0 N–H and O–H groups in total. The minimum Gasteiger partial charge on any atom is -0.341 e. The molecule has 2 fully saturated rings. The summed E-state index contributed by atoms with van der Waals surface area (Å²) >= 11 is 0. The fourth-order valence-electron chi connectivity index (χ4n) is 4.44. The third-order valence-electron chi connectivity index (χ3n) is 6.07. The second-order valence-electron chi connectivity index (χ2n) is 8.36. The van der Waals surface area contributed by atoms with Crippen molar-refractivity contribution in [2.45, 2.75) is 39.0 Å². The maximum absolute atomic E-state index is 12.9. The maximum Gasteiger partial charge on any atom is 0.272 e. The Morgan fingerprint density at radius 2 is 1.86 bits per heavy atom. The number of hydrogen-bond acceptors (Lipinski definition) is 4. The van der Waals surface area contributed by atoms with Crippen molar-refractivity contribution < 1.29 is 4.79 Å². The highest BCUT2D eigenvalue weighted by atomic mass is 16.2. The Labute approximate surface area is 167 Å². The number of rotatable bonds is 4. The third kappa shape index (κ3) is 4.51. The Morgan fingerprint density at radius 1 is 1.07 bits per heavy atom. The topological polar surface area (TPSA) is 49.3 Å². The zero-order chi connectivity index (χ0) is 19.3. The summed E-state index contributed by atoms with van der Waals surface area (Å²) < 4.78 is 0. The van der Waals surface area contributed by atoms with Crippen LogP contribution in [0.1, 0.15) is 48.7 Å². The van der Waals surface area contributed by atoms with Gasteiger partial charge in [-0.3, -0.25) is 4.79 Å². The van der Waals surface area contributed by atoms with Gasteiger partial charge < -0.3 is 9.80 Å². The lowest BCUT2D eigenvalue weighted by Gasteiger charge is -2.33. The highest BCUT2D eigenvalue weighted by Crippen LogP contribution is 2.24. The number of likely N-dealkylation sites (tertiary alicyclic amines) is 1. The van der Waals surface area contributed by atoms with E-state index in [9.17, 15) is 4.79 Å². The van der Waals surface area contributed by atoms with Crippen molar-refractivity contribution in [3.63, 3.8) is 0 Å². The predicted octanol–water partition coefficient (Wildman–Crippen LogP) is 3.81. The Morgan fingerprint density at radius 3 is 2.61 bits per heavy atom. The van der Waals surface area contributed by atoms with Gasteiger partial charge in [0.25, 0.3) is 5.91 Å². The summed E-state index contributed by atoms with van der Waals surface area (Å²) in [5.41, 5.74) is 1.95. The van der Waals surface area contributed by atoms with Crippen LogP contribution in [-0.2, 0) is 6.42 Å². The molecule has 5 nitrogen and oxygen atoms in total. The summed E-state index contributed by atoms with van der Waals surface area (Å²) in [5, 5.41) is 0. The van der Waals surface area contributed by atoms with Gasteiger partial charge in [-0.1, -0.05) is 37.3 Å². The van der Waals surface area contributed by atoms with Crippen LogP contribution >= 0.6 is 0 Å². The van der Waals surface area contributed by atoms with Gasteiger partial charge in [0.1, 0.15) is 5.69 Å². The summed E-state index contributed by atoms with van der Waals surface area (Å²) in [6.07, 6.45) is 7.44. The highest BCUT2D eigenvalue weighted by molar-refractivity contribution is 5.92. The number of carbonyl (C=O) groups is 1. The number of benzene rings is 1. The minimum absolute atomic E-state index is 0.0502. The summed E-state index contributed by atoms with van der Waals surface area (Å²) in [6.45, 7) is 5.80. The van der Waals surface area contributed by atoms with Crippen LogP contribution in [0, 0.1) is 11.8 Å². The molecule has 0 bridgehead atoms.